The molecule has 0 aliphatic carbocycles. The first-order chi connectivity index (χ1) is 13.3. The first kappa shape index (κ1) is 20.0. The number of carboxylic acid groups (broad SMARTS) is 1. The molecule has 7 nitrogen and oxygen atoms in total. The molecule has 28 heavy (non-hydrogen) atoms. The maximum Gasteiger partial charge on any atom is 0.308 e. The Labute approximate surface area is 170 Å². The van der Waals surface area contributed by atoms with Crippen LogP contribution in [0.5, 0.6) is 5.75 Å². The fourth-order valence-electron chi connectivity index (χ4n) is 2.76. The highest BCUT2D eigenvalue weighted by molar-refractivity contribution is 6.42. The lowest BCUT2D eigenvalue weighted by atomic mass is 10.1. The lowest BCUT2D eigenvalue weighted by Gasteiger charge is -2.16. The third-order valence-corrected chi connectivity index (χ3v) is 4.93. The van der Waals surface area contributed by atoms with Crippen LogP contribution < -0.4 is 15.0 Å². The standard InChI is InChI=1S/C19H16Cl2N2O5/c20-15-6-1-12(8-16(15)21)22-17(24)10-28-14-4-2-13(3-5-14)23-9-11(19(26)27)7-18(23)25/h1-6,8,11H,7,9-10H2,(H,22,24)(H,26,27). The number of carbonyl (C=O) groups is 3. The number of benzene rings is 2. The van der Waals surface area contributed by atoms with Crippen molar-refractivity contribution in [3.63, 3.8) is 0 Å². The Kier molecular flexibility index (Phi) is 6.06. The topological polar surface area (TPSA) is 95.9 Å². The van der Waals surface area contributed by atoms with Crippen LogP contribution in [-0.2, 0) is 14.4 Å². The minimum Gasteiger partial charge on any atom is -0.484 e. The highest BCUT2D eigenvalue weighted by Crippen LogP contribution is 2.27. The van der Waals surface area contributed by atoms with Crippen molar-refractivity contribution < 1.29 is 24.2 Å². The van der Waals surface area contributed by atoms with Crippen molar-refractivity contribution in [1.29, 1.82) is 0 Å². The predicted octanol–water partition coefficient (Wildman–Crippen LogP) is 3.45. The Hall–Kier alpha value is -2.77. The van der Waals surface area contributed by atoms with Crippen LogP contribution in [0.15, 0.2) is 42.5 Å². The number of anilines is 2. The zero-order valence-corrected chi connectivity index (χ0v) is 16.0. The summed E-state index contributed by atoms with van der Waals surface area (Å²) in [5.41, 5.74) is 1.08. The Balaban J connectivity index is 1.54. The summed E-state index contributed by atoms with van der Waals surface area (Å²) in [5.74, 6) is -1.85. The van der Waals surface area contributed by atoms with Gasteiger partial charge in [0.1, 0.15) is 5.75 Å². The molecule has 1 fully saturated rings. The molecule has 146 valence electrons. The maximum absolute atomic E-state index is 12.0. The summed E-state index contributed by atoms with van der Waals surface area (Å²) in [6, 6.07) is 11.3. The quantitative estimate of drug-likeness (QED) is 0.742. The van der Waals surface area contributed by atoms with E-state index in [0.29, 0.717) is 27.2 Å². The second-order valence-electron chi connectivity index (χ2n) is 6.20. The molecule has 1 atom stereocenters. The fraction of sp³-hybridized carbons (Fsp3) is 0.211. The van der Waals surface area contributed by atoms with Crippen LogP contribution in [0, 0.1) is 5.92 Å². The van der Waals surface area contributed by atoms with Gasteiger partial charge in [-0.05, 0) is 42.5 Å². The largest absolute Gasteiger partial charge is 0.484 e. The van der Waals surface area contributed by atoms with Gasteiger partial charge < -0.3 is 20.1 Å². The number of nitrogens with zero attached hydrogens (tertiary/aromatic N) is 1. The van der Waals surface area contributed by atoms with Gasteiger partial charge in [0, 0.05) is 24.3 Å². The SMILES string of the molecule is O=C(COc1ccc(N2CC(C(=O)O)CC2=O)cc1)Nc1ccc(Cl)c(Cl)c1. The van der Waals surface area contributed by atoms with Gasteiger partial charge in [0.15, 0.2) is 6.61 Å². The molecule has 2 aromatic rings. The van der Waals surface area contributed by atoms with E-state index < -0.39 is 11.9 Å². The van der Waals surface area contributed by atoms with E-state index >= 15 is 0 Å². The Bertz CT molecular complexity index is 917. The maximum atomic E-state index is 12.0. The summed E-state index contributed by atoms with van der Waals surface area (Å²) in [6.07, 6.45) is -0.0114. The zero-order valence-electron chi connectivity index (χ0n) is 14.5. The number of halogens is 2. The average Bonchev–Trinajstić information content (AvgIpc) is 3.06. The number of hydrogen-bond acceptors (Lipinski definition) is 4. The zero-order chi connectivity index (χ0) is 20.3. The van der Waals surface area contributed by atoms with E-state index in [1.54, 1.807) is 36.4 Å². The molecular formula is C19H16Cl2N2O5. The lowest BCUT2D eigenvalue weighted by Crippen LogP contribution is -2.25. The van der Waals surface area contributed by atoms with E-state index in [1.165, 1.54) is 11.0 Å². The van der Waals surface area contributed by atoms with E-state index in [4.69, 9.17) is 33.0 Å². The molecule has 0 bridgehead atoms. The number of carbonyl (C=O) groups excluding carboxylic acids is 2. The van der Waals surface area contributed by atoms with Crippen molar-refractivity contribution in [2.45, 2.75) is 6.42 Å². The van der Waals surface area contributed by atoms with Crippen LogP contribution in [0.2, 0.25) is 10.0 Å². The highest BCUT2D eigenvalue weighted by Gasteiger charge is 2.34. The minimum atomic E-state index is -0.983. The van der Waals surface area contributed by atoms with Gasteiger partial charge in [-0.3, -0.25) is 14.4 Å². The number of ether oxygens (including phenoxy) is 1. The third-order valence-electron chi connectivity index (χ3n) is 4.20. The third kappa shape index (κ3) is 4.74. The fourth-order valence-corrected chi connectivity index (χ4v) is 3.06. The predicted molar refractivity (Wildman–Crippen MR) is 105 cm³/mol. The van der Waals surface area contributed by atoms with Gasteiger partial charge in [-0.15, -0.1) is 0 Å². The molecular weight excluding hydrogens is 407 g/mol. The normalized spacial score (nSPS) is 16.1. The average molecular weight is 423 g/mol. The van der Waals surface area contributed by atoms with E-state index in [9.17, 15) is 14.4 Å². The molecule has 3 rings (SSSR count). The van der Waals surface area contributed by atoms with Gasteiger partial charge in [-0.2, -0.15) is 0 Å². The number of carboxylic acids is 1. The van der Waals surface area contributed by atoms with Crippen LogP contribution >= 0.6 is 23.2 Å². The molecule has 1 heterocycles. The minimum absolute atomic E-state index is 0.0114. The monoisotopic (exact) mass is 422 g/mol. The van der Waals surface area contributed by atoms with Crippen LogP contribution in [0.4, 0.5) is 11.4 Å². The molecule has 0 radical (unpaired) electrons. The number of amides is 2. The van der Waals surface area contributed by atoms with Gasteiger partial charge >= 0.3 is 5.97 Å². The molecule has 1 unspecified atom stereocenters. The van der Waals surface area contributed by atoms with Crippen LogP contribution in [0.25, 0.3) is 0 Å². The molecule has 1 aliphatic rings. The number of nitrogens with one attached hydrogen (secondary N) is 1. The van der Waals surface area contributed by atoms with E-state index in [1.807, 2.05) is 0 Å². The highest BCUT2D eigenvalue weighted by atomic mass is 35.5. The second kappa shape index (κ2) is 8.50. The molecule has 9 heteroatoms. The van der Waals surface area contributed by atoms with Crippen LogP contribution in [-0.4, -0.2) is 36.0 Å². The molecule has 1 aliphatic heterocycles. The van der Waals surface area contributed by atoms with Gasteiger partial charge in [-0.25, -0.2) is 0 Å². The summed E-state index contributed by atoms with van der Waals surface area (Å²) < 4.78 is 5.43. The number of aliphatic carboxylic acids is 1. The van der Waals surface area contributed by atoms with Crippen LogP contribution in [0.3, 0.4) is 0 Å². The second-order valence-corrected chi connectivity index (χ2v) is 7.02. The first-order valence-electron chi connectivity index (χ1n) is 8.34. The summed E-state index contributed by atoms with van der Waals surface area (Å²) in [5, 5.41) is 12.4. The summed E-state index contributed by atoms with van der Waals surface area (Å²) >= 11 is 11.7. The molecule has 0 spiro atoms. The van der Waals surface area contributed by atoms with E-state index in [-0.39, 0.29) is 31.4 Å². The van der Waals surface area contributed by atoms with Crippen molar-refractivity contribution in [1.82, 2.24) is 0 Å². The van der Waals surface area contributed by atoms with Gasteiger partial charge in [0.05, 0.1) is 16.0 Å². The molecule has 2 aromatic carbocycles. The van der Waals surface area contributed by atoms with Gasteiger partial charge in [0.25, 0.3) is 5.91 Å². The van der Waals surface area contributed by atoms with Crippen molar-refractivity contribution in [2.24, 2.45) is 5.92 Å². The van der Waals surface area contributed by atoms with E-state index in [0.717, 1.165) is 0 Å². The Morgan fingerprint density at radius 2 is 1.86 bits per heavy atom. The number of rotatable bonds is 6. The Morgan fingerprint density at radius 3 is 2.46 bits per heavy atom. The van der Waals surface area contributed by atoms with Gasteiger partial charge in [0.2, 0.25) is 5.91 Å². The first-order valence-corrected chi connectivity index (χ1v) is 9.10. The summed E-state index contributed by atoms with van der Waals surface area (Å²) in [6.45, 7) is -0.0796. The molecule has 2 amide bonds. The van der Waals surface area contributed by atoms with Crippen molar-refractivity contribution in [3.8, 4) is 5.75 Å². The van der Waals surface area contributed by atoms with Crippen molar-refractivity contribution in [2.75, 3.05) is 23.4 Å². The smallest absolute Gasteiger partial charge is 0.308 e. The van der Waals surface area contributed by atoms with Gasteiger partial charge in [-0.1, -0.05) is 23.2 Å². The van der Waals surface area contributed by atoms with Crippen molar-refractivity contribution in [3.05, 3.63) is 52.5 Å². The lowest BCUT2D eigenvalue weighted by molar-refractivity contribution is -0.141. The Morgan fingerprint density at radius 1 is 1.14 bits per heavy atom. The molecule has 1 saturated heterocycles. The summed E-state index contributed by atoms with van der Waals surface area (Å²) in [4.78, 5) is 36.4. The number of hydrogen-bond donors (Lipinski definition) is 2. The molecule has 0 aromatic heterocycles. The van der Waals surface area contributed by atoms with Crippen LogP contribution in [0.1, 0.15) is 6.42 Å². The van der Waals surface area contributed by atoms with E-state index in [2.05, 4.69) is 5.32 Å². The molecule has 0 saturated carbocycles. The summed E-state index contributed by atoms with van der Waals surface area (Å²) in [7, 11) is 0. The van der Waals surface area contributed by atoms with Crippen molar-refractivity contribution >= 4 is 52.4 Å². The molecule has 2 N–H and O–H groups in total.